The summed E-state index contributed by atoms with van der Waals surface area (Å²) in [6.45, 7) is 6.19. The van der Waals surface area contributed by atoms with Crippen molar-refractivity contribution in [2.75, 3.05) is 18.0 Å². The van der Waals surface area contributed by atoms with Gasteiger partial charge >= 0.3 is 0 Å². The molecule has 1 saturated heterocycles. The number of piperidine rings is 1. The van der Waals surface area contributed by atoms with E-state index in [1.807, 2.05) is 13.0 Å². The van der Waals surface area contributed by atoms with Crippen LogP contribution in [0.25, 0.3) is 11.3 Å². The molecular weight excluding hydrogens is 481 g/mol. The highest BCUT2D eigenvalue weighted by Crippen LogP contribution is 2.30. The number of aliphatic hydroxyl groups is 2. The van der Waals surface area contributed by atoms with Crippen LogP contribution in [-0.4, -0.2) is 51.0 Å². The predicted molar refractivity (Wildman–Crippen MR) is 137 cm³/mol. The molecule has 0 unspecified atom stereocenters. The molecule has 2 aromatic heterocycles. The lowest BCUT2D eigenvalue weighted by atomic mass is 9.92. The van der Waals surface area contributed by atoms with Crippen LogP contribution in [0, 0.1) is 23.4 Å². The van der Waals surface area contributed by atoms with Crippen LogP contribution in [0.3, 0.4) is 0 Å². The van der Waals surface area contributed by atoms with Gasteiger partial charge in [-0.25, -0.2) is 18.2 Å². The summed E-state index contributed by atoms with van der Waals surface area (Å²) in [6, 6.07) is 6.41. The Balaban J connectivity index is 1.57. The molecule has 0 radical (unpaired) electrons. The number of hydrogen-bond acceptors (Lipinski definition) is 6. The molecule has 1 fully saturated rings. The van der Waals surface area contributed by atoms with Crippen molar-refractivity contribution in [1.29, 1.82) is 0 Å². The molecular formula is C28H33F3N4O2. The molecule has 1 aromatic carbocycles. The lowest BCUT2D eigenvalue weighted by Gasteiger charge is -2.40. The molecule has 0 spiro atoms. The third kappa shape index (κ3) is 6.29. The molecule has 198 valence electrons. The average molecular weight is 515 g/mol. The van der Waals surface area contributed by atoms with Crippen molar-refractivity contribution in [3.63, 3.8) is 0 Å². The summed E-state index contributed by atoms with van der Waals surface area (Å²) < 4.78 is 44.5. The second-order valence-corrected chi connectivity index (χ2v) is 10.6. The first-order chi connectivity index (χ1) is 17.4. The van der Waals surface area contributed by atoms with E-state index in [-0.39, 0.29) is 23.9 Å². The minimum atomic E-state index is -1.15. The number of aromatic nitrogens is 2. The number of hydrogen-bond donors (Lipinski definition) is 3. The summed E-state index contributed by atoms with van der Waals surface area (Å²) in [6.07, 6.45) is 3.84. The Bertz CT molecular complexity index is 1230. The van der Waals surface area contributed by atoms with Crippen LogP contribution >= 0.6 is 0 Å². The van der Waals surface area contributed by atoms with Gasteiger partial charge in [0.15, 0.2) is 0 Å². The van der Waals surface area contributed by atoms with Crippen LogP contribution in [0.1, 0.15) is 37.6 Å². The van der Waals surface area contributed by atoms with Crippen molar-refractivity contribution >= 4 is 5.69 Å². The number of benzene rings is 1. The van der Waals surface area contributed by atoms with Crippen LogP contribution in [0.5, 0.6) is 0 Å². The van der Waals surface area contributed by atoms with Gasteiger partial charge in [-0.05, 0) is 68.1 Å². The molecule has 3 aromatic rings. The van der Waals surface area contributed by atoms with Gasteiger partial charge in [0.2, 0.25) is 0 Å². The van der Waals surface area contributed by atoms with Crippen molar-refractivity contribution in [1.82, 2.24) is 9.97 Å². The summed E-state index contributed by atoms with van der Waals surface area (Å²) in [5.41, 5.74) is 6.69. The number of nitrogens with two attached hydrogens (primary N) is 1. The van der Waals surface area contributed by atoms with Gasteiger partial charge in [0.25, 0.3) is 0 Å². The maximum absolute atomic E-state index is 14.9. The standard InChI is InChI=1S/C28H33F3N4O2/c1-16-14-35(15-23(32)27(16)36)24-8-9-33-13-18(24)4-5-19-6-7-20(29)26(34-19)25-21(30)10-17(11-22(25)31)12-28(2,3)37/h6-11,13,16,23,27,36-37H,4-5,12,14-15,32H2,1-3H3/t16-,23+,27+/m0/s1. The van der Waals surface area contributed by atoms with Gasteiger partial charge in [0.1, 0.15) is 23.1 Å². The molecule has 1 aliphatic rings. The Labute approximate surface area is 215 Å². The van der Waals surface area contributed by atoms with Crippen LogP contribution in [-0.2, 0) is 19.3 Å². The summed E-state index contributed by atoms with van der Waals surface area (Å²) in [5.74, 6) is -2.69. The molecule has 0 saturated carbocycles. The van der Waals surface area contributed by atoms with Gasteiger partial charge in [-0.2, -0.15) is 0 Å². The first kappa shape index (κ1) is 27.0. The van der Waals surface area contributed by atoms with Crippen molar-refractivity contribution in [3.8, 4) is 11.3 Å². The Morgan fingerprint density at radius 1 is 1.05 bits per heavy atom. The maximum atomic E-state index is 14.9. The molecule has 4 rings (SSSR count). The zero-order chi connectivity index (χ0) is 26.9. The highest BCUT2D eigenvalue weighted by atomic mass is 19.1. The fourth-order valence-electron chi connectivity index (χ4n) is 4.95. The van der Waals surface area contributed by atoms with Crippen molar-refractivity contribution in [2.45, 2.75) is 57.8 Å². The Morgan fingerprint density at radius 3 is 2.41 bits per heavy atom. The van der Waals surface area contributed by atoms with E-state index in [4.69, 9.17) is 5.73 Å². The van der Waals surface area contributed by atoms with Crippen molar-refractivity contribution in [2.24, 2.45) is 11.7 Å². The van der Waals surface area contributed by atoms with Crippen LogP contribution in [0.4, 0.5) is 18.9 Å². The van der Waals surface area contributed by atoms with Crippen molar-refractivity contribution < 1.29 is 23.4 Å². The van der Waals surface area contributed by atoms with E-state index in [0.717, 1.165) is 29.4 Å². The zero-order valence-corrected chi connectivity index (χ0v) is 21.3. The number of pyridine rings is 2. The molecule has 0 amide bonds. The van der Waals surface area contributed by atoms with Crippen LogP contribution in [0.2, 0.25) is 0 Å². The van der Waals surface area contributed by atoms with Gasteiger partial charge in [-0.1, -0.05) is 6.92 Å². The fraction of sp³-hybridized carbons (Fsp3) is 0.429. The van der Waals surface area contributed by atoms with E-state index >= 15 is 0 Å². The topological polar surface area (TPSA) is 95.5 Å². The highest BCUT2D eigenvalue weighted by Gasteiger charge is 2.31. The molecule has 9 heteroatoms. The number of aryl methyl sites for hydroxylation is 2. The van der Waals surface area contributed by atoms with E-state index in [0.29, 0.717) is 31.6 Å². The number of nitrogens with zero attached hydrogens (tertiary/aromatic N) is 3. The van der Waals surface area contributed by atoms with E-state index in [2.05, 4.69) is 14.9 Å². The second kappa shape index (κ2) is 10.8. The highest BCUT2D eigenvalue weighted by molar-refractivity contribution is 5.62. The van der Waals surface area contributed by atoms with E-state index < -0.39 is 40.4 Å². The summed E-state index contributed by atoms with van der Waals surface area (Å²) in [5, 5.41) is 20.2. The number of rotatable bonds is 7. The Hall–Kier alpha value is -3.01. The molecule has 6 nitrogen and oxygen atoms in total. The maximum Gasteiger partial charge on any atom is 0.149 e. The normalized spacial score (nSPS) is 20.4. The molecule has 1 aliphatic heterocycles. The summed E-state index contributed by atoms with van der Waals surface area (Å²) in [4.78, 5) is 10.6. The summed E-state index contributed by atoms with van der Waals surface area (Å²) in [7, 11) is 0. The van der Waals surface area contributed by atoms with Crippen molar-refractivity contribution in [3.05, 3.63) is 77.0 Å². The number of aliphatic hydroxyl groups excluding tert-OH is 1. The second-order valence-electron chi connectivity index (χ2n) is 10.6. The SMILES string of the molecule is C[C@H]1CN(c2ccncc2CCc2ccc(F)c(-c3c(F)cc(CC(C)(C)O)cc3F)n2)C[C@@H](N)[C@@H]1O. The number of anilines is 1. The lowest BCUT2D eigenvalue weighted by molar-refractivity contribution is 0.0784. The van der Waals surface area contributed by atoms with E-state index in [1.165, 1.54) is 6.07 Å². The van der Waals surface area contributed by atoms with Gasteiger partial charge in [-0.3, -0.25) is 4.98 Å². The first-order valence-electron chi connectivity index (χ1n) is 12.4. The summed E-state index contributed by atoms with van der Waals surface area (Å²) >= 11 is 0. The van der Waals surface area contributed by atoms with Gasteiger partial charge in [0.05, 0.1) is 17.3 Å². The molecule has 3 atom stereocenters. The van der Waals surface area contributed by atoms with E-state index in [1.54, 1.807) is 26.2 Å². The Kier molecular flexibility index (Phi) is 7.87. The fourth-order valence-corrected chi connectivity index (χ4v) is 4.95. The number of halogens is 3. The molecule has 3 heterocycles. The minimum absolute atomic E-state index is 0.00530. The van der Waals surface area contributed by atoms with E-state index in [9.17, 15) is 23.4 Å². The lowest BCUT2D eigenvalue weighted by Crippen LogP contribution is -2.55. The van der Waals surface area contributed by atoms with Gasteiger partial charge < -0.3 is 20.8 Å². The zero-order valence-electron chi connectivity index (χ0n) is 21.3. The van der Waals surface area contributed by atoms with Gasteiger partial charge in [-0.15, -0.1) is 0 Å². The Morgan fingerprint density at radius 2 is 1.76 bits per heavy atom. The quantitative estimate of drug-likeness (QED) is 0.444. The molecule has 0 aliphatic carbocycles. The van der Waals surface area contributed by atoms with Crippen LogP contribution in [0.15, 0.2) is 42.7 Å². The van der Waals surface area contributed by atoms with Crippen LogP contribution < -0.4 is 10.6 Å². The smallest absolute Gasteiger partial charge is 0.149 e. The third-order valence-corrected chi connectivity index (χ3v) is 6.71. The largest absolute Gasteiger partial charge is 0.391 e. The predicted octanol–water partition coefficient (Wildman–Crippen LogP) is 3.80. The molecule has 37 heavy (non-hydrogen) atoms. The molecule has 0 bridgehead atoms. The average Bonchev–Trinajstić information content (AvgIpc) is 2.81. The monoisotopic (exact) mass is 514 g/mol. The van der Waals surface area contributed by atoms with Gasteiger partial charge in [0, 0.05) is 55.2 Å². The molecule has 4 N–H and O–H groups in total. The third-order valence-electron chi connectivity index (χ3n) is 6.71. The minimum Gasteiger partial charge on any atom is -0.391 e. The first-order valence-corrected chi connectivity index (χ1v) is 12.4.